The fourth-order valence-corrected chi connectivity index (χ4v) is 4.83. The smallest absolute Gasteiger partial charge is 0.409 e. The molecular formula is C28H39N3O4. The zero-order valence-corrected chi connectivity index (χ0v) is 20.8. The van der Waals surface area contributed by atoms with E-state index in [0.717, 1.165) is 81.4 Å². The van der Waals surface area contributed by atoms with Gasteiger partial charge in [0.1, 0.15) is 0 Å². The summed E-state index contributed by atoms with van der Waals surface area (Å²) in [7, 11) is 1.88. The van der Waals surface area contributed by atoms with Gasteiger partial charge in [-0.3, -0.25) is 10.1 Å². The van der Waals surface area contributed by atoms with E-state index in [1.165, 1.54) is 0 Å². The molecule has 0 radical (unpaired) electrons. The molecule has 1 heterocycles. The number of likely N-dealkylation sites (tertiary alicyclic amines) is 1. The topological polar surface area (TPSA) is 93.1 Å². The number of carbonyl (C=O) groups excluding carboxylic acids is 1. The second kappa shape index (κ2) is 13.9. The van der Waals surface area contributed by atoms with Crippen LogP contribution < -0.4 is 5.32 Å². The van der Waals surface area contributed by atoms with Crippen molar-refractivity contribution in [3.63, 3.8) is 0 Å². The van der Waals surface area contributed by atoms with Crippen molar-refractivity contribution in [2.75, 3.05) is 45.2 Å². The fourth-order valence-electron chi connectivity index (χ4n) is 4.83. The van der Waals surface area contributed by atoms with Crippen LogP contribution in [0.15, 0.2) is 48.5 Å². The molecule has 190 valence electrons. The summed E-state index contributed by atoms with van der Waals surface area (Å²) in [5.41, 5.74) is 3.65. The highest BCUT2D eigenvalue weighted by atomic mass is 16.4. The monoisotopic (exact) mass is 481 g/mol. The molecule has 1 fully saturated rings. The Hall–Kier alpha value is -2.90. The van der Waals surface area contributed by atoms with E-state index in [1.54, 1.807) is 0 Å². The predicted molar refractivity (Wildman–Crippen MR) is 140 cm³/mol. The van der Waals surface area contributed by atoms with Gasteiger partial charge in [-0.25, -0.2) is 4.79 Å². The minimum atomic E-state index is -1.05. The minimum absolute atomic E-state index is 0.186. The molecule has 0 aliphatic carbocycles. The van der Waals surface area contributed by atoms with E-state index in [4.69, 9.17) is 5.11 Å². The van der Waals surface area contributed by atoms with Crippen molar-refractivity contribution in [2.45, 2.75) is 50.9 Å². The first kappa shape index (κ1) is 26.7. The predicted octanol–water partition coefficient (Wildman–Crippen LogP) is 5.02. The van der Waals surface area contributed by atoms with Crippen LogP contribution >= 0.6 is 0 Å². The summed E-state index contributed by atoms with van der Waals surface area (Å²) < 4.78 is 0. The van der Waals surface area contributed by atoms with Crippen molar-refractivity contribution in [3.05, 3.63) is 54.1 Å². The van der Waals surface area contributed by atoms with Gasteiger partial charge >= 0.3 is 6.09 Å². The lowest BCUT2D eigenvalue weighted by atomic mass is 9.86. The van der Waals surface area contributed by atoms with Gasteiger partial charge in [0.2, 0.25) is 5.91 Å². The van der Waals surface area contributed by atoms with Gasteiger partial charge in [-0.2, -0.15) is 0 Å². The number of benzene rings is 2. The van der Waals surface area contributed by atoms with Gasteiger partial charge in [-0.1, -0.05) is 61.4 Å². The van der Waals surface area contributed by atoms with Gasteiger partial charge in [-0.05, 0) is 55.8 Å². The van der Waals surface area contributed by atoms with Crippen molar-refractivity contribution in [1.82, 2.24) is 9.80 Å². The van der Waals surface area contributed by atoms with Crippen LogP contribution in [0, 0.1) is 0 Å². The number of carbonyl (C=O) groups is 2. The highest BCUT2D eigenvalue weighted by molar-refractivity contribution is 5.92. The third-order valence-electron chi connectivity index (χ3n) is 6.92. The Labute approximate surface area is 208 Å². The maximum absolute atomic E-state index is 12.4. The SMILES string of the molecule is CN(CCN1CCC(c2cccc(-c3ccccc3)c2NC(=O)O)CC1)C(=O)CCCCCCO. The lowest BCUT2D eigenvalue weighted by Gasteiger charge is -2.34. The van der Waals surface area contributed by atoms with E-state index in [1.807, 2.05) is 60.5 Å². The molecule has 0 aromatic heterocycles. The van der Waals surface area contributed by atoms with Gasteiger partial charge in [0.15, 0.2) is 0 Å². The average molecular weight is 482 g/mol. The molecule has 2 aromatic rings. The number of hydrogen-bond acceptors (Lipinski definition) is 4. The van der Waals surface area contributed by atoms with Gasteiger partial charge in [0.25, 0.3) is 0 Å². The molecule has 0 spiro atoms. The maximum Gasteiger partial charge on any atom is 0.409 e. The van der Waals surface area contributed by atoms with E-state index in [0.29, 0.717) is 12.1 Å². The number of rotatable bonds is 12. The van der Waals surface area contributed by atoms with Gasteiger partial charge in [0.05, 0.1) is 5.69 Å². The molecule has 7 nitrogen and oxygen atoms in total. The summed E-state index contributed by atoms with van der Waals surface area (Å²) in [6.45, 7) is 3.64. The van der Waals surface area contributed by atoms with Crippen LogP contribution in [0.4, 0.5) is 10.5 Å². The van der Waals surface area contributed by atoms with Crippen LogP contribution in [0.1, 0.15) is 56.4 Å². The second-order valence-electron chi connectivity index (χ2n) is 9.39. The summed E-state index contributed by atoms with van der Waals surface area (Å²) >= 11 is 0. The number of nitrogens with zero attached hydrogens (tertiary/aromatic N) is 2. The summed E-state index contributed by atoms with van der Waals surface area (Å²) in [5.74, 6) is 0.473. The van der Waals surface area contributed by atoms with Crippen molar-refractivity contribution >= 4 is 17.7 Å². The van der Waals surface area contributed by atoms with Crippen LogP contribution in [0.3, 0.4) is 0 Å². The highest BCUT2D eigenvalue weighted by Gasteiger charge is 2.25. The van der Waals surface area contributed by atoms with Crippen LogP contribution in [-0.4, -0.2) is 71.8 Å². The first-order chi connectivity index (χ1) is 17.0. The largest absolute Gasteiger partial charge is 0.465 e. The lowest BCUT2D eigenvalue weighted by molar-refractivity contribution is -0.130. The molecule has 35 heavy (non-hydrogen) atoms. The van der Waals surface area contributed by atoms with Crippen LogP contribution in [0.25, 0.3) is 11.1 Å². The van der Waals surface area contributed by atoms with Gasteiger partial charge in [0, 0.05) is 38.7 Å². The normalized spacial score (nSPS) is 14.6. The Balaban J connectivity index is 1.54. The van der Waals surface area contributed by atoms with Crippen molar-refractivity contribution < 1.29 is 19.8 Å². The number of piperidine rings is 1. The first-order valence-electron chi connectivity index (χ1n) is 12.7. The highest BCUT2D eigenvalue weighted by Crippen LogP contribution is 2.38. The van der Waals surface area contributed by atoms with Crippen LogP contribution in [-0.2, 0) is 4.79 Å². The molecule has 3 N–H and O–H groups in total. The molecule has 0 atom stereocenters. The van der Waals surface area contributed by atoms with E-state index in [2.05, 4.69) is 10.2 Å². The van der Waals surface area contributed by atoms with Crippen LogP contribution in [0.5, 0.6) is 0 Å². The summed E-state index contributed by atoms with van der Waals surface area (Å²) in [6.07, 6.45) is 5.07. The molecule has 1 aliphatic heterocycles. The molecule has 1 saturated heterocycles. The number of anilines is 1. The molecule has 0 saturated carbocycles. The maximum atomic E-state index is 12.4. The number of aliphatic hydroxyl groups is 1. The third kappa shape index (κ3) is 8.08. The van der Waals surface area contributed by atoms with Crippen molar-refractivity contribution in [1.29, 1.82) is 0 Å². The number of likely N-dealkylation sites (N-methyl/N-ethyl adjacent to an activating group) is 1. The molecule has 1 aliphatic rings. The lowest BCUT2D eigenvalue weighted by Crippen LogP contribution is -2.40. The molecule has 0 unspecified atom stereocenters. The van der Waals surface area contributed by atoms with E-state index >= 15 is 0 Å². The van der Waals surface area contributed by atoms with Crippen molar-refractivity contribution in [3.8, 4) is 11.1 Å². The number of amides is 2. The Morgan fingerprint density at radius 1 is 1.00 bits per heavy atom. The summed E-state index contributed by atoms with van der Waals surface area (Å²) in [4.78, 5) is 28.2. The Bertz CT molecular complexity index is 942. The standard InChI is InChI=1S/C28H39N3O4/c1-30(26(33)14-7-2-3-8-21-32)19-20-31-17-15-23(16-18-31)25-13-9-12-24(27(25)29-28(34)35)22-10-5-4-6-11-22/h4-6,9-13,23,29,32H,2-3,7-8,14-21H2,1H3,(H,34,35). The summed E-state index contributed by atoms with van der Waals surface area (Å²) in [6, 6.07) is 15.9. The number of unbranched alkanes of at least 4 members (excludes halogenated alkanes) is 3. The number of para-hydroxylation sites is 1. The van der Waals surface area contributed by atoms with Gasteiger partial charge < -0.3 is 20.0 Å². The molecular weight excluding hydrogens is 442 g/mol. The Kier molecular flexibility index (Phi) is 10.6. The Morgan fingerprint density at radius 3 is 2.40 bits per heavy atom. The number of carboxylic acid groups (broad SMARTS) is 1. The zero-order chi connectivity index (χ0) is 25.0. The first-order valence-corrected chi connectivity index (χ1v) is 12.7. The van der Waals surface area contributed by atoms with Crippen molar-refractivity contribution in [2.24, 2.45) is 0 Å². The average Bonchev–Trinajstić information content (AvgIpc) is 2.87. The van der Waals surface area contributed by atoms with E-state index < -0.39 is 6.09 Å². The van der Waals surface area contributed by atoms with E-state index in [9.17, 15) is 14.7 Å². The minimum Gasteiger partial charge on any atom is -0.465 e. The molecule has 7 heteroatoms. The Morgan fingerprint density at radius 2 is 1.71 bits per heavy atom. The second-order valence-corrected chi connectivity index (χ2v) is 9.39. The zero-order valence-electron chi connectivity index (χ0n) is 20.8. The summed E-state index contributed by atoms with van der Waals surface area (Å²) in [5, 5.41) is 21.0. The quantitative estimate of drug-likeness (QED) is 0.370. The molecule has 2 aromatic carbocycles. The number of nitrogens with one attached hydrogen (secondary N) is 1. The van der Waals surface area contributed by atoms with E-state index in [-0.39, 0.29) is 18.4 Å². The number of aliphatic hydroxyl groups excluding tert-OH is 1. The molecule has 3 rings (SSSR count). The molecule has 2 amide bonds. The molecule has 0 bridgehead atoms. The van der Waals surface area contributed by atoms with Gasteiger partial charge in [-0.15, -0.1) is 0 Å². The fraction of sp³-hybridized carbons (Fsp3) is 0.500. The third-order valence-corrected chi connectivity index (χ3v) is 6.92. The van der Waals surface area contributed by atoms with Crippen LogP contribution in [0.2, 0.25) is 0 Å². The number of hydrogen-bond donors (Lipinski definition) is 3.